The third-order valence-electron chi connectivity index (χ3n) is 1.30. The topological polar surface area (TPSA) is 69.5 Å². The fourth-order valence-electron chi connectivity index (χ4n) is 0.777. The average Bonchev–Trinajstić information content (AvgIpc) is 1.88. The van der Waals surface area contributed by atoms with Crippen LogP contribution in [-0.2, 0) is 15.0 Å². The van der Waals surface area contributed by atoms with Crippen LogP contribution in [0.1, 0.15) is 0 Å². The van der Waals surface area contributed by atoms with Gasteiger partial charge in [0, 0.05) is 0 Å². The summed E-state index contributed by atoms with van der Waals surface area (Å²) in [4.78, 5) is 0. The molecule has 5 nitrogen and oxygen atoms in total. The first-order valence-corrected chi connectivity index (χ1v) is 4.31. The minimum absolute atomic E-state index is 0.249. The van der Waals surface area contributed by atoms with Crippen molar-refractivity contribution < 1.29 is 17.7 Å². The molecule has 1 rings (SSSR count). The van der Waals surface area contributed by atoms with E-state index in [4.69, 9.17) is 9.29 Å². The Bertz CT molecular complexity index is 193. The fraction of sp³-hybridized carbons (Fsp3) is 1.00. The van der Waals surface area contributed by atoms with Gasteiger partial charge in [0.2, 0.25) is 0 Å². The molecule has 1 aliphatic rings. The summed E-state index contributed by atoms with van der Waals surface area (Å²) in [6, 6.07) is 0. The van der Waals surface area contributed by atoms with E-state index >= 15 is 0 Å². The van der Waals surface area contributed by atoms with Crippen LogP contribution in [0, 0.1) is 0 Å². The Balaban J connectivity index is 2.56. The first-order valence-electron chi connectivity index (χ1n) is 2.91. The van der Waals surface area contributed by atoms with E-state index in [2.05, 4.69) is 0 Å². The molecule has 59 valence electrons. The summed E-state index contributed by atoms with van der Waals surface area (Å²) in [7, 11) is -3.97. The number of morpholine rings is 1. The molecule has 1 radical (unpaired) electrons. The summed E-state index contributed by atoms with van der Waals surface area (Å²) < 4.78 is 35.2. The van der Waals surface area contributed by atoms with Crippen molar-refractivity contribution in [2.75, 3.05) is 26.3 Å². The molecule has 1 aliphatic heterocycles. The molecule has 0 saturated carbocycles. The van der Waals surface area contributed by atoms with Crippen molar-refractivity contribution in [2.24, 2.45) is 0 Å². The minimum Gasteiger partial charge on any atom is -0.369 e. The second kappa shape index (κ2) is 2.83. The molecule has 10 heavy (non-hydrogen) atoms. The van der Waals surface area contributed by atoms with Crippen molar-refractivity contribution in [3.05, 3.63) is 0 Å². The van der Waals surface area contributed by atoms with Crippen LogP contribution in [0.15, 0.2) is 0 Å². The molecule has 1 fully saturated rings. The van der Waals surface area contributed by atoms with E-state index < -0.39 is 10.3 Å². The molecule has 0 unspecified atom stereocenters. The zero-order valence-electron chi connectivity index (χ0n) is 5.36. The molecule has 0 aromatic heterocycles. The molecule has 0 aliphatic carbocycles. The maximum atomic E-state index is 10.4. The number of hydrogen-bond donors (Lipinski definition) is 1. The molecular weight excluding hydrogens is 158 g/mol. The maximum Gasteiger partial charge on any atom is 0.480 e. The molecule has 6 heteroatoms. The van der Waals surface area contributed by atoms with E-state index in [9.17, 15) is 8.42 Å². The SMILES string of the molecule is O=S(=O)(O)[N+]1CCOCC1. The second-order valence-corrected chi connectivity index (χ2v) is 3.40. The van der Waals surface area contributed by atoms with Crippen LogP contribution in [-0.4, -0.2) is 39.3 Å². The van der Waals surface area contributed by atoms with Gasteiger partial charge in [-0.1, -0.05) is 0 Å². The Labute approximate surface area is 59.5 Å². The van der Waals surface area contributed by atoms with Gasteiger partial charge in [0.05, 0.1) is 0 Å². The van der Waals surface area contributed by atoms with Crippen molar-refractivity contribution in [1.29, 1.82) is 0 Å². The minimum atomic E-state index is -3.97. The normalized spacial score (nSPS) is 22.9. The third kappa shape index (κ3) is 1.91. The van der Waals surface area contributed by atoms with Crippen LogP contribution >= 0.6 is 0 Å². The molecule has 0 spiro atoms. The lowest BCUT2D eigenvalue weighted by molar-refractivity contribution is 0.0943. The van der Waals surface area contributed by atoms with Gasteiger partial charge in [-0.25, -0.2) is 4.55 Å². The Morgan fingerprint density at radius 2 is 1.80 bits per heavy atom. The zero-order chi connectivity index (χ0) is 7.61. The van der Waals surface area contributed by atoms with Gasteiger partial charge < -0.3 is 4.74 Å². The lowest BCUT2D eigenvalue weighted by Crippen LogP contribution is -2.45. The van der Waals surface area contributed by atoms with E-state index in [1.165, 1.54) is 0 Å². The second-order valence-electron chi connectivity index (χ2n) is 1.99. The van der Waals surface area contributed by atoms with Crippen molar-refractivity contribution in [3.8, 4) is 0 Å². The van der Waals surface area contributed by atoms with Crippen LogP contribution in [0.4, 0.5) is 0 Å². The van der Waals surface area contributed by atoms with Gasteiger partial charge in [-0.2, -0.15) is 0 Å². The Kier molecular flexibility index (Phi) is 2.24. The average molecular weight is 167 g/mol. The van der Waals surface area contributed by atoms with Crippen molar-refractivity contribution >= 4 is 10.3 Å². The molecule has 0 aromatic carbocycles. The van der Waals surface area contributed by atoms with Gasteiger partial charge >= 0.3 is 10.3 Å². The highest BCUT2D eigenvalue weighted by atomic mass is 32.2. The summed E-state index contributed by atoms with van der Waals surface area (Å²) in [6.45, 7) is 1.22. The highest BCUT2D eigenvalue weighted by molar-refractivity contribution is 7.84. The van der Waals surface area contributed by atoms with Gasteiger partial charge in [-0.3, -0.25) is 0 Å². The summed E-state index contributed by atoms with van der Waals surface area (Å²) >= 11 is 0. The summed E-state index contributed by atoms with van der Waals surface area (Å²) in [6.07, 6.45) is 0. The largest absolute Gasteiger partial charge is 0.480 e. The zero-order valence-corrected chi connectivity index (χ0v) is 6.17. The van der Waals surface area contributed by atoms with Gasteiger partial charge in [-0.05, 0) is 4.31 Å². The summed E-state index contributed by atoms with van der Waals surface area (Å²) in [5.74, 6) is 0. The first-order chi connectivity index (χ1) is 4.61. The van der Waals surface area contributed by atoms with E-state index in [1.807, 2.05) is 0 Å². The maximum absolute atomic E-state index is 10.4. The monoisotopic (exact) mass is 167 g/mol. The van der Waals surface area contributed by atoms with Crippen molar-refractivity contribution in [1.82, 2.24) is 4.31 Å². The van der Waals surface area contributed by atoms with E-state index in [-0.39, 0.29) is 13.1 Å². The molecule has 0 aromatic rings. The van der Waals surface area contributed by atoms with Gasteiger partial charge in [0.1, 0.15) is 13.2 Å². The van der Waals surface area contributed by atoms with Crippen LogP contribution in [0.2, 0.25) is 0 Å². The number of rotatable bonds is 1. The van der Waals surface area contributed by atoms with Crippen LogP contribution in [0.5, 0.6) is 0 Å². The smallest absolute Gasteiger partial charge is 0.369 e. The molecule has 1 heterocycles. The predicted molar refractivity (Wildman–Crippen MR) is 34.2 cm³/mol. The van der Waals surface area contributed by atoms with E-state index in [0.29, 0.717) is 13.2 Å². The van der Waals surface area contributed by atoms with Gasteiger partial charge in [-0.15, -0.1) is 8.42 Å². The quantitative estimate of drug-likeness (QED) is 0.400. The van der Waals surface area contributed by atoms with E-state index in [1.54, 1.807) is 0 Å². The number of hydrogen-bond acceptors (Lipinski definition) is 3. The lowest BCUT2D eigenvalue weighted by atomic mass is 10.5. The molecule has 1 N–H and O–H groups in total. The van der Waals surface area contributed by atoms with Crippen molar-refractivity contribution in [3.63, 3.8) is 0 Å². The highest BCUT2D eigenvalue weighted by Gasteiger charge is 2.32. The Hall–Kier alpha value is -0.170. The third-order valence-corrected chi connectivity index (χ3v) is 2.31. The van der Waals surface area contributed by atoms with Gasteiger partial charge in [0.25, 0.3) is 0 Å². The fourth-order valence-corrected chi connectivity index (χ4v) is 1.39. The molecular formula is C4H9NO4S+. The Morgan fingerprint density at radius 1 is 1.30 bits per heavy atom. The Morgan fingerprint density at radius 3 is 2.10 bits per heavy atom. The predicted octanol–water partition coefficient (Wildman–Crippen LogP) is -1.04. The van der Waals surface area contributed by atoms with Crippen LogP contribution < -0.4 is 4.31 Å². The van der Waals surface area contributed by atoms with E-state index in [0.717, 1.165) is 4.31 Å². The van der Waals surface area contributed by atoms with Crippen LogP contribution in [0.25, 0.3) is 0 Å². The molecule has 0 amide bonds. The van der Waals surface area contributed by atoms with Gasteiger partial charge in [0.15, 0.2) is 13.1 Å². The molecule has 0 bridgehead atoms. The summed E-state index contributed by atoms with van der Waals surface area (Å²) in [5.41, 5.74) is 0. The summed E-state index contributed by atoms with van der Waals surface area (Å²) in [5, 5.41) is 0. The standard InChI is InChI=1S/C4H9NO4S/c6-10(7,8)5-1-3-9-4-2-5/h1-4H2,(H,6,7,8)/q+1. The van der Waals surface area contributed by atoms with Crippen LogP contribution in [0.3, 0.4) is 0 Å². The van der Waals surface area contributed by atoms with Crippen molar-refractivity contribution in [2.45, 2.75) is 0 Å². The number of nitrogens with zero attached hydrogens (tertiary/aromatic N) is 1. The lowest BCUT2D eigenvalue weighted by Gasteiger charge is -2.12. The highest BCUT2D eigenvalue weighted by Crippen LogP contribution is 1.97. The molecule has 1 saturated heterocycles. The molecule has 0 atom stereocenters. The first kappa shape index (κ1) is 7.93. The number of ether oxygens (including phenoxy) is 1.